The molecule has 0 fully saturated rings. The number of pyridine rings is 1. The SMILES string of the molecule is CCOC(=O)c1ccc(C(=O)Oc2cccc(C(=O)NCc3ccccc3)c2)nc1C. The lowest BCUT2D eigenvalue weighted by atomic mass is 10.1. The number of nitrogens with zero attached hydrogens (tertiary/aromatic N) is 1. The molecule has 0 radical (unpaired) electrons. The number of rotatable bonds is 7. The van der Waals surface area contributed by atoms with E-state index in [1.165, 1.54) is 18.2 Å². The molecular formula is C24H22N2O5. The van der Waals surface area contributed by atoms with Crippen molar-refractivity contribution in [3.8, 4) is 5.75 Å². The summed E-state index contributed by atoms with van der Waals surface area (Å²) in [7, 11) is 0. The van der Waals surface area contributed by atoms with Crippen molar-refractivity contribution in [3.05, 3.63) is 94.8 Å². The first kappa shape index (κ1) is 21.7. The Labute approximate surface area is 180 Å². The third-order valence-electron chi connectivity index (χ3n) is 4.39. The summed E-state index contributed by atoms with van der Waals surface area (Å²) in [4.78, 5) is 40.9. The molecule has 0 aliphatic rings. The van der Waals surface area contributed by atoms with Gasteiger partial charge in [-0.2, -0.15) is 0 Å². The van der Waals surface area contributed by atoms with E-state index in [0.29, 0.717) is 17.8 Å². The average Bonchev–Trinajstić information content (AvgIpc) is 2.78. The molecule has 3 rings (SSSR count). The highest BCUT2D eigenvalue weighted by atomic mass is 16.5. The summed E-state index contributed by atoms with van der Waals surface area (Å²) in [6.45, 7) is 3.96. The maximum Gasteiger partial charge on any atom is 0.362 e. The monoisotopic (exact) mass is 418 g/mol. The molecule has 0 bridgehead atoms. The fourth-order valence-corrected chi connectivity index (χ4v) is 2.84. The molecule has 7 nitrogen and oxygen atoms in total. The standard InChI is InChI=1S/C24H22N2O5/c1-3-30-23(28)20-12-13-21(26-16(20)2)24(29)31-19-11-7-10-18(14-19)22(27)25-15-17-8-5-4-6-9-17/h4-14H,3,15H2,1-2H3,(H,25,27). The molecule has 0 atom stereocenters. The molecule has 31 heavy (non-hydrogen) atoms. The maximum atomic E-state index is 12.5. The van der Waals surface area contributed by atoms with Gasteiger partial charge < -0.3 is 14.8 Å². The van der Waals surface area contributed by atoms with Crippen LogP contribution < -0.4 is 10.1 Å². The van der Waals surface area contributed by atoms with Crippen LogP contribution in [0.5, 0.6) is 5.75 Å². The minimum Gasteiger partial charge on any atom is -0.462 e. The van der Waals surface area contributed by atoms with Gasteiger partial charge in [-0.3, -0.25) is 4.79 Å². The van der Waals surface area contributed by atoms with Crippen molar-refractivity contribution in [3.63, 3.8) is 0 Å². The van der Waals surface area contributed by atoms with E-state index in [1.54, 1.807) is 32.0 Å². The fourth-order valence-electron chi connectivity index (χ4n) is 2.84. The molecular weight excluding hydrogens is 396 g/mol. The Kier molecular flexibility index (Phi) is 7.11. The van der Waals surface area contributed by atoms with E-state index in [0.717, 1.165) is 5.56 Å². The fraction of sp³-hybridized carbons (Fsp3) is 0.167. The largest absolute Gasteiger partial charge is 0.462 e. The van der Waals surface area contributed by atoms with Crippen LogP contribution in [0.1, 0.15) is 49.4 Å². The zero-order chi connectivity index (χ0) is 22.2. The molecule has 0 aliphatic carbocycles. The molecule has 0 unspecified atom stereocenters. The quantitative estimate of drug-likeness (QED) is 0.464. The van der Waals surface area contributed by atoms with Gasteiger partial charge >= 0.3 is 11.9 Å². The van der Waals surface area contributed by atoms with Crippen LogP contribution in [0.2, 0.25) is 0 Å². The third kappa shape index (κ3) is 5.76. The smallest absolute Gasteiger partial charge is 0.362 e. The van der Waals surface area contributed by atoms with E-state index in [2.05, 4.69) is 10.3 Å². The minimum absolute atomic E-state index is 0.0458. The van der Waals surface area contributed by atoms with Crippen LogP contribution in [0.4, 0.5) is 0 Å². The third-order valence-corrected chi connectivity index (χ3v) is 4.39. The van der Waals surface area contributed by atoms with E-state index in [-0.39, 0.29) is 29.5 Å². The van der Waals surface area contributed by atoms with Gasteiger partial charge in [0.1, 0.15) is 11.4 Å². The molecule has 2 aromatic carbocycles. The molecule has 1 amide bonds. The van der Waals surface area contributed by atoms with E-state index in [9.17, 15) is 14.4 Å². The maximum absolute atomic E-state index is 12.5. The Balaban J connectivity index is 1.66. The Morgan fingerprint density at radius 1 is 0.935 bits per heavy atom. The van der Waals surface area contributed by atoms with Gasteiger partial charge in [0.2, 0.25) is 0 Å². The van der Waals surface area contributed by atoms with Crippen molar-refractivity contribution < 1.29 is 23.9 Å². The molecule has 1 aromatic heterocycles. The van der Waals surface area contributed by atoms with Crippen molar-refractivity contribution in [1.29, 1.82) is 0 Å². The molecule has 158 valence electrons. The summed E-state index contributed by atoms with van der Waals surface area (Å²) in [5.74, 6) is -1.26. The number of esters is 2. The Hall–Kier alpha value is -4.00. The van der Waals surface area contributed by atoms with Crippen molar-refractivity contribution in [2.24, 2.45) is 0 Å². The lowest BCUT2D eigenvalue weighted by Crippen LogP contribution is -2.22. The van der Waals surface area contributed by atoms with Crippen molar-refractivity contribution >= 4 is 17.8 Å². The Bertz CT molecular complexity index is 1100. The van der Waals surface area contributed by atoms with Crippen LogP contribution in [0.15, 0.2) is 66.7 Å². The number of aryl methyl sites for hydroxylation is 1. The summed E-state index contributed by atoms with van der Waals surface area (Å²) in [6, 6.07) is 18.7. The molecule has 3 aromatic rings. The number of nitrogens with one attached hydrogen (secondary N) is 1. The molecule has 0 saturated heterocycles. The first-order chi connectivity index (χ1) is 15.0. The summed E-state index contributed by atoms with van der Waals surface area (Å²) in [5.41, 5.74) is 2.04. The number of carbonyl (C=O) groups excluding carboxylic acids is 3. The van der Waals surface area contributed by atoms with Gasteiger partial charge in [0, 0.05) is 12.1 Å². The Morgan fingerprint density at radius 2 is 1.71 bits per heavy atom. The first-order valence-electron chi connectivity index (χ1n) is 9.77. The zero-order valence-corrected chi connectivity index (χ0v) is 17.3. The number of benzene rings is 2. The highest BCUT2D eigenvalue weighted by Crippen LogP contribution is 2.16. The second kappa shape index (κ2) is 10.2. The highest BCUT2D eigenvalue weighted by Gasteiger charge is 2.17. The normalized spacial score (nSPS) is 10.3. The summed E-state index contributed by atoms with van der Waals surface area (Å²) in [5, 5.41) is 2.83. The van der Waals surface area contributed by atoms with Crippen LogP contribution in [-0.4, -0.2) is 29.4 Å². The second-order valence-corrected chi connectivity index (χ2v) is 6.64. The van der Waals surface area contributed by atoms with Crippen molar-refractivity contribution in [2.75, 3.05) is 6.61 Å². The number of amides is 1. The number of hydrogen-bond acceptors (Lipinski definition) is 6. The van der Waals surface area contributed by atoms with Gasteiger partial charge in [-0.25, -0.2) is 14.6 Å². The van der Waals surface area contributed by atoms with Crippen LogP contribution >= 0.6 is 0 Å². The molecule has 0 saturated carbocycles. The summed E-state index contributed by atoms with van der Waals surface area (Å²) >= 11 is 0. The molecule has 1 N–H and O–H groups in total. The van der Waals surface area contributed by atoms with Gasteiger partial charge in [-0.1, -0.05) is 36.4 Å². The van der Waals surface area contributed by atoms with Gasteiger partial charge in [0.25, 0.3) is 5.91 Å². The van der Waals surface area contributed by atoms with Gasteiger partial charge in [-0.05, 0) is 49.7 Å². The van der Waals surface area contributed by atoms with Gasteiger partial charge in [-0.15, -0.1) is 0 Å². The van der Waals surface area contributed by atoms with Crippen LogP contribution in [0.3, 0.4) is 0 Å². The minimum atomic E-state index is -0.694. The van der Waals surface area contributed by atoms with E-state index in [4.69, 9.17) is 9.47 Å². The number of carbonyl (C=O) groups is 3. The number of aromatic nitrogens is 1. The predicted octanol–water partition coefficient (Wildman–Crippen LogP) is 3.72. The Morgan fingerprint density at radius 3 is 2.42 bits per heavy atom. The summed E-state index contributed by atoms with van der Waals surface area (Å²) < 4.78 is 10.3. The summed E-state index contributed by atoms with van der Waals surface area (Å²) in [6.07, 6.45) is 0. The molecule has 0 aliphatic heterocycles. The number of ether oxygens (including phenoxy) is 2. The van der Waals surface area contributed by atoms with Crippen molar-refractivity contribution in [1.82, 2.24) is 10.3 Å². The topological polar surface area (TPSA) is 94.6 Å². The number of hydrogen-bond donors (Lipinski definition) is 1. The van der Waals surface area contributed by atoms with Crippen molar-refractivity contribution in [2.45, 2.75) is 20.4 Å². The second-order valence-electron chi connectivity index (χ2n) is 6.64. The van der Waals surface area contributed by atoms with Crippen LogP contribution in [0.25, 0.3) is 0 Å². The first-order valence-corrected chi connectivity index (χ1v) is 9.77. The lowest BCUT2D eigenvalue weighted by Gasteiger charge is -2.09. The lowest BCUT2D eigenvalue weighted by molar-refractivity contribution is 0.0523. The van der Waals surface area contributed by atoms with Crippen LogP contribution in [-0.2, 0) is 11.3 Å². The highest BCUT2D eigenvalue weighted by molar-refractivity contribution is 5.95. The van der Waals surface area contributed by atoms with E-state index < -0.39 is 11.9 Å². The van der Waals surface area contributed by atoms with E-state index in [1.807, 2.05) is 30.3 Å². The predicted molar refractivity (Wildman–Crippen MR) is 114 cm³/mol. The molecule has 7 heteroatoms. The van der Waals surface area contributed by atoms with Gasteiger partial charge in [0.15, 0.2) is 0 Å². The molecule has 1 heterocycles. The zero-order valence-electron chi connectivity index (χ0n) is 17.3. The van der Waals surface area contributed by atoms with Gasteiger partial charge in [0.05, 0.1) is 17.9 Å². The average molecular weight is 418 g/mol. The van der Waals surface area contributed by atoms with Crippen LogP contribution in [0, 0.1) is 6.92 Å². The molecule has 0 spiro atoms. The van der Waals surface area contributed by atoms with E-state index >= 15 is 0 Å².